The van der Waals surface area contributed by atoms with Gasteiger partial charge in [-0.05, 0) is 113 Å². The van der Waals surface area contributed by atoms with Crippen LogP contribution in [-0.4, -0.2) is 187 Å². The number of Topliss-reactive ketones (excluding diaryl/α,β-unsaturated/α-hetero) is 3. The van der Waals surface area contributed by atoms with Crippen LogP contribution >= 0.6 is 0 Å². The van der Waals surface area contributed by atoms with E-state index in [1.807, 2.05) is 58.1 Å². The zero-order valence-electron chi connectivity index (χ0n) is 47.8. The molecule has 1 unspecified atom stereocenters. The van der Waals surface area contributed by atoms with E-state index in [0.717, 1.165) is 12.1 Å². The molecule has 4 aliphatic heterocycles. The summed E-state index contributed by atoms with van der Waals surface area (Å²) in [4.78, 5) is 90.1. The number of carbonyl (C=O) groups excluding carboxylic acids is 6. The number of fused-ring (bicyclic) bond motifs is 3. The topological polar surface area (TPSA) is 228 Å². The third-order valence-electron chi connectivity index (χ3n) is 17.0. The van der Waals surface area contributed by atoms with Gasteiger partial charge in [0.05, 0.1) is 18.3 Å². The van der Waals surface area contributed by atoms with Crippen LogP contribution in [0.2, 0.25) is 0 Å². The molecule has 4 fully saturated rings. The third-order valence-corrected chi connectivity index (χ3v) is 17.0. The highest BCUT2D eigenvalue weighted by atomic mass is 16.6. The predicted octanol–water partition coefficient (Wildman–Crippen LogP) is 6.32. The van der Waals surface area contributed by atoms with Crippen molar-refractivity contribution in [1.82, 2.24) is 14.7 Å². The third kappa shape index (κ3) is 17.4. The fourth-order valence-electron chi connectivity index (χ4n) is 11.9. The Kier molecular flexibility index (Phi) is 25.2. The number of ether oxygens (including phenoxy) is 6. The summed E-state index contributed by atoms with van der Waals surface area (Å²) < 4.78 is 36.0. The van der Waals surface area contributed by atoms with Crippen molar-refractivity contribution in [2.45, 2.75) is 186 Å². The summed E-state index contributed by atoms with van der Waals surface area (Å²) >= 11 is 0. The maximum Gasteiger partial charge on any atom is 0.410 e. The molecule has 0 radical (unpaired) electrons. The van der Waals surface area contributed by atoms with E-state index in [9.17, 15) is 44.1 Å². The summed E-state index contributed by atoms with van der Waals surface area (Å²) in [5.41, 5.74) is 1.24. The summed E-state index contributed by atoms with van der Waals surface area (Å²) in [6.45, 7) is 16.0. The molecular weight excluding hydrogens is 991 g/mol. The number of ketones is 3. The second kappa shape index (κ2) is 30.4. The van der Waals surface area contributed by atoms with Gasteiger partial charge in [-0.3, -0.25) is 24.1 Å². The Morgan fingerprint density at radius 1 is 0.831 bits per heavy atom. The first-order chi connectivity index (χ1) is 36.6. The van der Waals surface area contributed by atoms with Crippen LogP contribution in [0, 0.1) is 35.5 Å². The molecular formula is C59H93N3O15. The molecule has 3 saturated heterocycles. The molecule has 2 bridgehead atoms. The van der Waals surface area contributed by atoms with Crippen LogP contribution in [0.15, 0.2) is 47.6 Å². The summed E-state index contributed by atoms with van der Waals surface area (Å²) in [6, 6.07) is -1.18. The Labute approximate surface area is 457 Å². The van der Waals surface area contributed by atoms with E-state index in [1.54, 1.807) is 46.0 Å². The maximum atomic E-state index is 14.6. The van der Waals surface area contributed by atoms with Crippen molar-refractivity contribution in [2.75, 3.05) is 67.2 Å². The number of piperidine rings is 1. The number of esters is 1. The van der Waals surface area contributed by atoms with Gasteiger partial charge in [-0.25, -0.2) is 9.59 Å². The molecule has 5 aliphatic rings. The number of piperazine rings is 1. The molecule has 18 heteroatoms. The lowest BCUT2D eigenvalue weighted by molar-refractivity contribution is -0.265. The van der Waals surface area contributed by atoms with Crippen LogP contribution in [0.3, 0.4) is 0 Å². The Hall–Kier alpha value is -4.14. The zero-order valence-corrected chi connectivity index (χ0v) is 47.8. The monoisotopic (exact) mass is 1080 g/mol. The fraction of sp³-hybridized carbons (Fsp3) is 0.763. The zero-order chi connectivity index (χ0) is 56.6. The maximum absolute atomic E-state index is 14.6. The first kappa shape index (κ1) is 63.7. The number of allylic oxidation sites excluding steroid dienone is 6. The van der Waals surface area contributed by atoms with Crippen LogP contribution < -0.4 is 0 Å². The molecule has 1 saturated carbocycles. The van der Waals surface area contributed by atoms with Gasteiger partial charge in [0, 0.05) is 97.8 Å². The van der Waals surface area contributed by atoms with Gasteiger partial charge < -0.3 is 53.5 Å². The average molecular weight is 1080 g/mol. The van der Waals surface area contributed by atoms with Gasteiger partial charge in [-0.15, -0.1) is 0 Å². The largest absolute Gasteiger partial charge is 0.460 e. The molecule has 0 aromatic heterocycles. The quantitative estimate of drug-likeness (QED) is 0.123. The highest BCUT2D eigenvalue weighted by Gasteiger charge is 2.53. The summed E-state index contributed by atoms with van der Waals surface area (Å²) in [5.74, 6) is -8.32. The van der Waals surface area contributed by atoms with Gasteiger partial charge in [-0.2, -0.15) is 0 Å². The standard InChI is InChI=1S/C59H93N3O15/c1-37-17-12-11-13-18-38(2)49(72-8)35-45-22-20-43(7)59(71,77-45)55(67)56(68)62-25-15-14-19-46(62)57(69)75-50(36-47(64)39(3)32-42(6)53(66)54(74-10)52(65)41(5)31-37)40(4)33-44-21-23-48(51(34-44)73-9)76-58(70)61-28-26-60(27-29-61)24-16-30-63/h11-13,17-18,32,37,39-41,43-46,48-51,53-54,63,66,71H,14-16,19-31,33-36H2,1-10H3/b13-11+,17-12-,38-18+,42-32+/t37-,39-,40-,41-,43-,44?,45+,46+,48+,49+,50+,51+,53-,54+,59-/m1/s1. The number of hydrogen-bond donors (Lipinski definition) is 3. The molecule has 0 aromatic rings. The predicted molar refractivity (Wildman–Crippen MR) is 289 cm³/mol. The summed E-state index contributed by atoms with van der Waals surface area (Å²) in [5, 5.41) is 32.8. The smallest absolute Gasteiger partial charge is 0.410 e. The molecule has 434 valence electrons. The SMILES string of the molecule is CO[C@H]1C[C@@H]2CC[C@@H](C)[C@@](O)(O2)C(=O)C(=O)N2CCCC[C@H]2C(=O)O[C@H]([C@H](C)CC2CC[C@H](OC(=O)N3CCN(CCCO)CC3)[C@@H](OC)C2)CC(=O)[C@H](C)/C=C(\C)[C@@H](O)[C@@H](OC)C(=O)[C@H](C)C[C@H](C)\C=C/C=C/C=C/1C. The van der Waals surface area contributed by atoms with Crippen molar-refractivity contribution in [3.05, 3.63) is 47.6 Å². The minimum Gasteiger partial charge on any atom is -0.460 e. The van der Waals surface area contributed by atoms with Crippen molar-refractivity contribution < 1.29 is 72.5 Å². The Balaban J connectivity index is 1.41. The van der Waals surface area contributed by atoms with E-state index in [-0.39, 0.29) is 55.5 Å². The lowest BCUT2D eigenvalue weighted by atomic mass is 9.78. The number of aliphatic hydroxyl groups is 3. The van der Waals surface area contributed by atoms with E-state index in [1.165, 1.54) is 12.0 Å². The molecule has 15 atom stereocenters. The number of carbonyl (C=O) groups is 6. The van der Waals surface area contributed by atoms with Gasteiger partial charge in [0.25, 0.3) is 11.7 Å². The van der Waals surface area contributed by atoms with Crippen LogP contribution in [0.4, 0.5) is 4.79 Å². The Bertz CT molecular complexity index is 2100. The Morgan fingerprint density at radius 2 is 1.56 bits per heavy atom. The van der Waals surface area contributed by atoms with Crippen molar-refractivity contribution in [3.8, 4) is 0 Å². The highest BCUT2D eigenvalue weighted by Crippen LogP contribution is 2.38. The van der Waals surface area contributed by atoms with Crippen molar-refractivity contribution >= 4 is 35.3 Å². The summed E-state index contributed by atoms with van der Waals surface area (Å²) in [7, 11) is 4.54. The van der Waals surface area contributed by atoms with Gasteiger partial charge in [0.1, 0.15) is 36.2 Å². The normalized spacial score (nSPS) is 37.4. The second-order valence-electron chi connectivity index (χ2n) is 22.9. The number of rotatable bonds is 10. The number of methoxy groups -OCH3 is 3. The van der Waals surface area contributed by atoms with E-state index < -0.39 is 95.9 Å². The number of cyclic esters (lactones) is 1. The van der Waals surface area contributed by atoms with E-state index in [0.29, 0.717) is 102 Å². The number of hydrogen-bond acceptors (Lipinski definition) is 16. The number of nitrogens with zero attached hydrogens (tertiary/aromatic N) is 3. The molecule has 0 aromatic carbocycles. The first-order valence-electron chi connectivity index (χ1n) is 28.4. The van der Waals surface area contributed by atoms with Crippen LogP contribution in [0.5, 0.6) is 0 Å². The van der Waals surface area contributed by atoms with Gasteiger partial charge in [0.2, 0.25) is 5.79 Å². The lowest BCUT2D eigenvalue weighted by Gasteiger charge is -2.42. The summed E-state index contributed by atoms with van der Waals surface area (Å²) in [6.07, 6.45) is 11.0. The molecule has 5 rings (SSSR count). The first-order valence-corrected chi connectivity index (χ1v) is 28.4. The van der Waals surface area contributed by atoms with Gasteiger partial charge >= 0.3 is 12.1 Å². The lowest BCUT2D eigenvalue weighted by Crippen LogP contribution is -2.61. The van der Waals surface area contributed by atoms with Crippen molar-refractivity contribution in [1.29, 1.82) is 0 Å². The highest BCUT2D eigenvalue weighted by molar-refractivity contribution is 6.39. The van der Waals surface area contributed by atoms with E-state index >= 15 is 0 Å². The van der Waals surface area contributed by atoms with Crippen LogP contribution in [-0.2, 0) is 52.4 Å². The molecule has 2 amide bonds. The molecule has 18 nitrogen and oxygen atoms in total. The van der Waals surface area contributed by atoms with Crippen molar-refractivity contribution in [3.63, 3.8) is 0 Å². The minimum atomic E-state index is -2.46. The average Bonchev–Trinajstić information content (AvgIpc) is 3.43. The number of amides is 2. The fourth-order valence-corrected chi connectivity index (χ4v) is 11.9. The molecule has 3 N–H and O–H groups in total. The van der Waals surface area contributed by atoms with Crippen LogP contribution in [0.25, 0.3) is 0 Å². The molecule has 1 aliphatic carbocycles. The van der Waals surface area contributed by atoms with Crippen molar-refractivity contribution in [2.24, 2.45) is 35.5 Å². The van der Waals surface area contributed by atoms with E-state index in [2.05, 4.69) is 4.90 Å². The van der Waals surface area contributed by atoms with E-state index in [4.69, 9.17) is 28.4 Å². The molecule has 77 heavy (non-hydrogen) atoms. The molecule has 0 spiro atoms. The van der Waals surface area contributed by atoms with Gasteiger partial charge in [0.15, 0.2) is 5.78 Å². The van der Waals surface area contributed by atoms with Crippen LogP contribution in [0.1, 0.15) is 132 Å². The number of aliphatic hydroxyl groups excluding tert-OH is 2. The second-order valence-corrected chi connectivity index (χ2v) is 22.9. The Morgan fingerprint density at radius 3 is 2.23 bits per heavy atom. The molecule has 4 heterocycles. The van der Waals surface area contributed by atoms with Gasteiger partial charge in [-0.1, -0.05) is 71.1 Å². The minimum absolute atomic E-state index is 0.00187.